The average Bonchev–Trinajstić information content (AvgIpc) is 2.43. The third-order valence-electron chi connectivity index (χ3n) is 2.73. The minimum absolute atomic E-state index is 0.0482. The normalized spacial score (nSPS) is 24.3. The highest BCUT2D eigenvalue weighted by Gasteiger charge is 2.88. The van der Waals surface area contributed by atoms with E-state index in [1.54, 1.807) is 0 Å². The van der Waals surface area contributed by atoms with Crippen molar-refractivity contribution < 1.29 is 62.9 Å². The van der Waals surface area contributed by atoms with Gasteiger partial charge in [-0.15, -0.1) is 0 Å². The molecule has 0 bridgehead atoms. The number of esters is 1. The number of carbonyl (C=O) groups excluding carboxylic acids is 1. The Morgan fingerprint density at radius 1 is 0.923 bits per heavy atom. The number of hydrogen-bond acceptors (Lipinski definition) is 5. The Morgan fingerprint density at radius 3 is 1.81 bits per heavy atom. The molecule has 1 saturated heterocycles. The lowest BCUT2D eigenvalue weighted by molar-refractivity contribution is -0.581. The lowest BCUT2D eigenvalue weighted by Crippen LogP contribution is -2.78. The second kappa shape index (κ2) is 7.42. The van der Waals surface area contributed by atoms with Gasteiger partial charge in [-0.25, -0.2) is 9.53 Å². The Labute approximate surface area is 151 Å². The Kier molecular flexibility index (Phi) is 6.68. The molecule has 0 radical (unpaired) electrons. The van der Waals surface area contributed by atoms with Gasteiger partial charge in [0.15, 0.2) is 0 Å². The van der Waals surface area contributed by atoms with Crippen molar-refractivity contribution in [2.75, 3.05) is 24.2 Å². The van der Waals surface area contributed by atoms with E-state index in [1.165, 1.54) is 0 Å². The lowest BCUT2D eigenvalue weighted by atomic mass is 10.2. The van der Waals surface area contributed by atoms with Gasteiger partial charge in [-0.1, -0.05) is 27.5 Å². The van der Waals surface area contributed by atoms with Gasteiger partial charge in [-0.05, 0) is 0 Å². The molecule has 1 aliphatic rings. The van der Waals surface area contributed by atoms with Gasteiger partial charge in [-0.3, -0.25) is 0 Å². The summed E-state index contributed by atoms with van der Waals surface area (Å²) in [5, 5.41) is 0. The second-order valence-corrected chi connectivity index (χ2v) is 5.61. The smallest absolute Gasteiger partial charge is 0.439 e. The molecule has 1 aliphatic heterocycles. The lowest BCUT2D eigenvalue weighted by Gasteiger charge is -2.48. The van der Waals surface area contributed by atoms with Crippen LogP contribution in [-0.4, -0.2) is 65.5 Å². The maximum Gasteiger partial charge on any atom is 0.439 e. The number of nitrogens with zero attached hydrogens (tertiary/aromatic N) is 1. The fourth-order valence-electron chi connectivity index (χ4n) is 1.60. The number of rotatable bonds is 7. The first kappa shape index (κ1) is 23.4. The largest absolute Gasteiger partial charge is 0.458 e. The number of ether oxygens (including phenoxy) is 3. The highest BCUT2D eigenvalue weighted by Crippen LogP contribution is 2.58. The zero-order valence-corrected chi connectivity index (χ0v) is 14.2. The van der Waals surface area contributed by atoms with Gasteiger partial charge < -0.3 is 9.47 Å². The van der Waals surface area contributed by atoms with Crippen molar-refractivity contribution in [1.82, 2.24) is 4.90 Å². The van der Waals surface area contributed by atoms with E-state index in [-0.39, 0.29) is 6.61 Å². The van der Waals surface area contributed by atoms with Gasteiger partial charge in [0.25, 0.3) is 0 Å². The summed E-state index contributed by atoms with van der Waals surface area (Å²) in [6, 6.07) is -19.7. The van der Waals surface area contributed by atoms with E-state index in [1.807, 2.05) is 27.3 Å². The van der Waals surface area contributed by atoms with Crippen molar-refractivity contribution in [3.63, 3.8) is 0 Å². The summed E-state index contributed by atoms with van der Waals surface area (Å²) in [5.41, 5.74) is 0. The SMILES string of the molecule is O=C(OCCOCCI)C(F)(F)N1C(F)(F)C(F)(F)OC(F)(F)C1(F)F. The van der Waals surface area contributed by atoms with Crippen LogP contribution in [0.3, 0.4) is 0 Å². The van der Waals surface area contributed by atoms with Crippen molar-refractivity contribution >= 4 is 28.6 Å². The van der Waals surface area contributed by atoms with Crippen LogP contribution in [0.1, 0.15) is 0 Å². The number of alkyl halides is 11. The molecule has 0 saturated carbocycles. The quantitative estimate of drug-likeness (QED) is 0.128. The molecule has 1 heterocycles. The summed E-state index contributed by atoms with van der Waals surface area (Å²) in [4.78, 5) is 7.91. The zero-order valence-electron chi connectivity index (χ0n) is 12.1. The second-order valence-electron chi connectivity index (χ2n) is 4.53. The molecule has 0 aliphatic carbocycles. The fourth-order valence-corrected chi connectivity index (χ4v) is 1.91. The predicted molar refractivity (Wildman–Crippen MR) is 68.3 cm³/mol. The van der Waals surface area contributed by atoms with E-state index >= 15 is 0 Å². The van der Waals surface area contributed by atoms with Crippen molar-refractivity contribution in [3.05, 3.63) is 0 Å². The average molecular weight is 523 g/mol. The van der Waals surface area contributed by atoms with E-state index in [2.05, 4.69) is 9.47 Å². The summed E-state index contributed by atoms with van der Waals surface area (Å²) in [6.07, 6.45) is -13.0. The maximum atomic E-state index is 13.7. The van der Waals surface area contributed by atoms with Crippen LogP contribution in [0, 0.1) is 0 Å². The van der Waals surface area contributed by atoms with Gasteiger partial charge in [0.1, 0.15) is 6.61 Å². The van der Waals surface area contributed by atoms with Crippen LogP contribution in [0.25, 0.3) is 0 Å². The Bertz CT molecular complexity index is 506. The monoisotopic (exact) mass is 523 g/mol. The summed E-state index contributed by atoms with van der Waals surface area (Å²) >= 11 is 1.83. The molecule has 1 fully saturated rings. The van der Waals surface area contributed by atoms with Crippen LogP contribution < -0.4 is 0 Å². The third-order valence-corrected chi connectivity index (χ3v) is 3.17. The Balaban J connectivity index is 3.14. The number of hydrogen-bond donors (Lipinski definition) is 0. The van der Waals surface area contributed by atoms with Crippen LogP contribution in [0.2, 0.25) is 0 Å². The Hall–Kier alpha value is -0.620. The highest BCUT2D eigenvalue weighted by molar-refractivity contribution is 14.1. The molecule has 5 nitrogen and oxygen atoms in total. The van der Waals surface area contributed by atoms with E-state index in [0.717, 1.165) is 0 Å². The molecule has 0 aromatic heterocycles. The molecule has 1 rings (SSSR count). The first-order chi connectivity index (χ1) is 11.6. The van der Waals surface area contributed by atoms with E-state index < -0.39 is 54.4 Å². The molecular weight excluding hydrogens is 515 g/mol. The zero-order chi connectivity index (χ0) is 20.6. The summed E-state index contributed by atoms with van der Waals surface area (Å²) < 4.78 is 143. The van der Waals surface area contributed by atoms with Gasteiger partial charge in [-0.2, -0.15) is 43.9 Å². The summed E-state index contributed by atoms with van der Waals surface area (Å²) in [6.45, 7) is -1.60. The van der Waals surface area contributed by atoms with Gasteiger partial charge in [0.05, 0.1) is 13.2 Å². The topological polar surface area (TPSA) is 48.0 Å². The van der Waals surface area contributed by atoms with Crippen molar-refractivity contribution in [3.8, 4) is 0 Å². The number of carbonyl (C=O) groups is 1. The van der Waals surface area contributed by atoms with Crippen molar-refractivity contribution in [2.24, 2.45) is 0 Å². The molecule has 0 aromatic rings. The molecular formula is C10H8F10INO4. The molecule has 0 atom stereocenters. The van der Waals surface area contributed by atoms with E-state index in [4.69, 9.17) is 0 Å². The highest BCUT2D eigenvalue weighted by atomic mass is 127. The molecule has 0 spiro atoms. The standard InChI is InChI=1S/C10H8F10INO4/c11-6(12,5(23)25-4-3-24-2-1-21)22-7(13,14)9(17,18)26-10(19,20)8(22,15)16/h1-4H2. The third kappa shape index (κ3) is 3.96. The van der Waals surface area contributed by atoms with E-state index in [9.17, 15) is 48.7 Å². The molecule has 16 heteroatoms. The molecule has 0 unspecified atom stereocenters. The van der Waals surface area contributed by atoms with Crippen molar-refractivity contribution in [2.45, 2.75) is 30.4 Å². The number of morpholine rings is 1. The maximum absolute atomic E-state index is 13.7. The van der Waals surface area contributed by atoms with Crippen molar-refractivity contribution in [1.29, 1.82) is 0 Å². The molecule has 0 aromatic carbocycles. The Morgan fingerprint density at radius 2 is 1.38 bits per heavy atom. The first-order valence-corrected chi connectivity index (χ1v) is 7.79. The summed E-state index contributed by atoms with van der Waals surface area (Å²) in [7, 11) is 0. The molecule has 0 N–H and O–H groups in total. The predicted octanol–water partition coefficient (Wildman–Crippen LogP) is 3.28. The van der Waals surface area contributed by atoms with E-state index in [0.29, 0.717) is 4.43 Å². The minimum Gasteiger partial charge on any atom is -0.458 e. The van der Waals surface area contributed by atoms with Crippen LogP contribution in [0.5, 0.6) is 0 Å². The fraction of sp³-hybridized carbons (Fsp3) is 0.900. The first-order valence-electron chi connectivity index (χ1n) is 6.26. The van der Waals surface area contributed by atoms with Gasteiger partial charge in [0.2, 0.25) is 0 Å². The van der Waals surface area contributed by atoms with Gasteiger partial charge in [0, 0.05) is 4.43 Å². The molecule has 154 valence electrons. The summed E-state index contributed by atoms with van der Waals surface area (Å²) in [5.74, 6) is -3.19. The van der Waals surface area contributed by atoms with Crippen LogP contribution in [0.15, 0.2) is 0 Å². The van der Waals surface area contributed by atoms with Crippen LogP contribution in [-0.2, 0) is 19.0 Å². The van der Waals surface area contributed by atoms with Crippen LogP contribution in [0.4, 0.5) is 43.9 Å². The van der Waals surface area contributed by atoms with Gasteiger partial charge >= 0.3 is 36.3 Å². The number of halogens is 11. The molecule has 26 heavy (non-hydrogen) atoms. The van der Waals surface area contributed by atoms with Crippen LogP contribution >= 0.6 is 22.6 Å². The molecule has 0 amide bonds. The minimum atomic E-state index is -6.70.